The number of rotatable bonds is 4. The molecule has 1 heterocycles. The van der Waals surface area contributed by atoms with Crippen molar-refractivity contribution in [3.8, 4) is 0 Å². The molecule has 0 aliphatic rings. The highest BCUT2D eigenvalue weighted by Crippen LogP contribution is 2.17. The Morgan fingerprint density at radius 3 is 2.68 bits per heavy atom. The van der Waals surface area contributed by atoms with Crippen LogP contribution in [0, 0.1) is 6.92 Å². The summed E-state index contributed by atoms with van der Waals surface area (Å²) in [6.45, 7) is 2.20. The van der Waals surface area contributed by atoms with Crippen molar-refractivity contribution in [3.05, 3.63) is 59.9 Å². The van der Waals surface area contributed by atoms with Gasteiger partial charge >= 0.3 is 0 Å². The summed E-state index contributed by atoms with van der Waals surface area (Å²) < 4.78 is 0. The lowest BCUT2D eigenvalue weighted by molar-refractivity contribution is -0.117. The minimum absolute atomic E-state index is 0.110. The Labute approximate surface area is 112 Å². The fraction of sp³-hybridized carbons (Fsp3) is 0.200. The normalized spacial score (nSPS) is 11.9. The van der Waals surface area contributed by atoms with Gasteiger partial charge in [0.25, 0.3) is 0 Å². The number of amides is 1. The highest BCUT2D eigenvalue weighted by Gasteiger charge is 2.18. The van der Waals surface area contributed by atoms with Gasteiger partial charge in [0, 0.05) is 12.7 Å². The van der Waals surface area contributed by atoms with Crippen molar-refractivity contribution >= 4 is 11.6 Å². The fourth-order valence-electron chi connectivity index (χ4n) is 1.93. The van der Waals surface area contributed by atoms with Gasteiger partial charge in [-0.05, 0) is 24.1 Å². The summed E-state index contributed by atoms with van der Waals surface area (Å²) in [5.74, 6) is -0.456. The number of pyridine rings is 1. The first-order valence-electron chi connectivity index (χ1n) is 6.18. The number of carbonyl (C=O) groups is 1. The van der Waals surface area contributed by atoms with Crippen molar-refractivity contribution in [2.75, 3.05) is 11.9 Å². The van der Waals surface area contributed by atoms with E-state index in [-0.39, 0.29) is 18.4 Å². The van der Waals surface area contributed by atoms with Crippen molar-refractivity contribution < 1.29 is 4.79 Å². The molecule has 2 rings (SSSR count). The molecule has 1 unspecified atom stereocenters. The summed E-state index contributed by atoms with van der Waals surface area (Å²) in [7, 11) is 0. The van der Waals surface area contributed by atoms with Gasteiger partial charge in [0.15, 0.2) is 0 Å². The van der Waals surface area contributed by atoms with Crippen LogP contribution in [-0.4, -0.2) is 17.4 Å². The van der Waals surface area contributed by atoms with E-state index in [0.717, 1.165) is 11.1 Å². The molecule has 4 nitrogen and oxygen atoms in total. The monoisotopic (exact) mass is 255 g/mol. The molecule has 0 bridgehead atoms. The average Bonchev–Trinajstić information content (AvgIpc) is 2.41. The third-order valence-electron chi connectivity index (χ3n) is 2.90. The number of nitrogens with zero attached hydrogens (tertiary/aromatic N) is 1. The first-order valence-corrected chi connectivity index (χ1v) is 6.18. The minimum Gasteiger partial charge on any atom is -0.329 e. The molecule has 0 aliphatic heterocycles. The molecule has 0 spiro atoms. The second-order valence-electron chi connectivity index (χ2n) is 4.44. The van der Waals surface area contributed by atoms with Gasteiger partial charge in [-0.1, -0.05) is 30.3 Å². The maximum Gasteiger partial charge on any atom is 0.233 e. The van der Waals surface area contributed by atoms with Crippen molar-refractivity contribution in [1.29, 1.82) is 0 Å². The Balaban J connectivity index is 2.14. The van der Waals surface area contributed by atoms with Gasteiger partial charge in [0.1, 0.15) is 0 Å². The zero-order valence-electron chi connectivity index (χ0n) is 10.8. The molecule has 19 heavy (non-hydrogen) atoms. The molecule has 0 radical (unpaired) electrons. The largest absolute Gasteiger partial charge is 0.329 e. The third-order valence-corrected chi connectivity index (χ3v) is 2.90. The lowest BCUT2D eigenvalue weighted by Crippen LogP contribution is -2.27. The van der Waals surface area contributed by atoms with Gasteiger partial charge in [0.2, 0.25) is 5.91 Å². The Bertz CT molecular complexity index is 554. The second kappa shape index (κ2) is 6.11. The third kappa shape index (κ3) is 3.39. The number of aryl methyl sites for hydroxylation is 1. The SMILES string of the molecule is Cc1cncc(NC(=O)C(CN)c2ccccc2)c1. The summed E-state index contributed by atoms with van der Waals surface area (Å²) >= 11 is 0. The van der Waals surface area contributed by atoms with E-state index < -0.39 is 0 Å². The molecule has 2 aromatic rings. The molecular formula is C15H17N3O. The van der Waals surface area contributed by atoms with Crippen LogP contribution in [0.1, 0.15) is 17.0 Å². The number of hydrogen-bond donors (Lipinski definition) is 2. The number of benzene rings is 1. The Morgan fingerprint density at radius 2 is 2.05 bits per heavy atom. The standard InChI is InChI=1S/C15H17N3O/c1-11-7-13(10-17-9-11)18-15(19)14(8-16)12-5-3-2-4-6-12/h2-7,9-10,14H,8,16H2,1H3,(H,18,19). The molecule has 0 saturated heterocycles. The van der Waals surface area contributed by atoms with Gasteiger partial charge < -0.3 is 11.1 Å². The zero-order chi connectivity index (χ0) is 13.7. The highest BCUT2D eigenvalue weighted by molar-refractivity contribution is 5.95. The highest BCUT2D eigenvalue weighted by atomic mass is 16.1. The number of hydrogen-bond acceptors (Lipinski definition) is 3. The summed E-state index contributed by atoms with van der Waals surface area (Å²) in [4.78, 5) is 16.3. The molecule has 0 saturated carbocycles. The van der Waals surface area contributed by atoms with Gasteiger partial charge in [-0.25, -0.2) is 0 Å². The van der Waals surface area contributed by atoms with Crippen molar-refractivity contribution in [2.24, 2.45) is 5.73 Å². The fourth-order valence-corrected chi connectivity index (χ4v) is 1.93. The Morgan fingerprint density at radius 1 is 1.32 bits per heavy atom. The van der Waals surface area contributed by atoms with Crippen LogP contribution >= 0.6 is 0 Å². The van der Waals surface area contributed by atoms with E-state index in [4.69, 9.17) is 5.73 Å². The molecule has 1 aromatic carbocycles. The van der Waals surface area contributed by atoms with E-state index in [1.54, 1.807) is 12.4 Å². The summed E-state index contributed by atoms with van der Waals surface area (Å²) in [6.07, 6.45) is 3.37. The van der Waals surface area contributed by atoms with Gasteiger partial charge in [-0.3, -0.25) is 9.78 Å². The maximum absolute atomic E-state index is 12.2. The van der Waals surface area contributed by atoms with E-state index >= 15 is 0 Å². The van der Waals surface area contributed by atoms with Crippen LogP contribution in [0.2, 0.25) is 0 Å². The van der Waals surface area contributed by atoms with Crippen LogP contribution < -0.4 is 11.1 Å². The predicted octanol–water partition coefficient (Wildman–Crippen LogP) is 2.07. The average molecular weight is 255 g/mol. The molecule has 0 aliphatic carbocycles. The van der Waals surface area contributed by atoms with E-state index in [1.165, 1.54) is 0 Å². The van der Waals surface area contributed by atoms with Gasteiger partial charge in [0.05, 0.1) is 17.8 Å². The van der Waals surface area contributed by atoms with Crippen LogP contribution in [0.15, 0.2) is 48.8 Å². The molecule has 98 valence electrons. The molecule has 1 aromatic heterocycles. The number of aromatic nitrogens is 1. The topological polar surface area (TPSA) is 68.0 Å². The van der Waals surface area contributed by atoms with E-state index in [0.29, 0.717) is 5.69 Å². The van der Waals surface area contributed by atoms with Crippen LogP contribution in [-0.2, 0) is 4.79 Å². The van der Waals surface area contributed by atoms with E-state index in [1.807, 2.05) is 43.3 Å². The van der Waals surface area contributed by atoms with E-state index in [9.17, 15) is 4.79 Å². The lowest BCUT2D eigenvalue weighted by Gasteiger charge is -2.15. The molecule has 3 N–H and O–H groups in total. The lowest BCUT2D eigenvalue weighted by atomic mass is 9.98. The van der Waals surface area contributed by atoms with Gasteiger partial charge in [-0.15, -0.1) is 0 Å². The number of nitrogens with two attached hydrogens (primary N) is 1. The number of anilines is 1. The first kappa shape index (κ1) is 13.2. The van der Waals surface area contributed by atoms with Crippen molar-refractivity contribution in [2.45, 2.75) is 12.8 Å². The summed E-state index contributed by atoms with van der Waals surface area (Å²) in [6, 6.07) is 11.4. The van der Waals surface area contributed by atoms with Crippen LogP contribution in [0.5, 0.6) is 0 Å². The smallest absolute Gasteiger partial charge is 0.233 e. The van der Waals surface area contributed by atoms with Crippen molar-refractivity contribution in [1.82, 2.24) is 4.98 Å². The Hall–Kier alpha value is -2.20. The molecule has 1 amide bonds. The van der Waals surface area contributed by atoms with Gasteiger partial charge in [-0.2, -0.15) is 0 Å². The minimum atomic E-state index is -0.346. The Kier molecular flexibility index (Phi) is 4.26. The predicted molar refractivity (Wildman–Crippen MR) is 75.8 cm³/mol. The summed E-state index contributed by atoms with van der Waals surface area (Å²) in [5, 5.41) is 2.85. The van der Waals surface area contributed by atoms with E-state index in [2.05, 4.69) is 10.3 Å². The van der Waals surface area contributed by atoms with Crippen LogP contribution in [0.4, 0.5) is 5.69 Å². The summed E-state index contributed by atoms with van der Waals surface area (Å²) in [5.41, 5.74) is 8.33. The van der Waals surface area contributed by atoms with Crippen molar-refractivity contribution in [3.63, 3.8) is 0 Å². The second-order valence-corrected chi connectivity index (χ2v) is 4.44. The number of nitrogens with one attached hydrogen (secondary N) is 1. The molecule has 4 heteroatoms. The maximum atomic E-state index is 12.2. The van der Waals surface area contributed by atoms with Crippen LogP contribution in [0.3, 0.4) is 0 Å². The molecule has 1 atom stereocenters. The van der Waals surface area contributed by atoms with Crippen LogP contribution in [0.25, 0.3) is 0 Å². The quantitative estimate of drug-likeness (QED) is 0.878. The zero-order valence-corrected chi connectivity index (χ0v) is 10.8. The first-order chi connectivity index (χ1) is 9.20. The molecule has 0 fully saturated rings. The molecular weight excluding hydrogens is 238 g/mol. The number of carbonyl (C=O) groups excluding carboxylic acids is 1.